The van der Waals surface area contributed by atoms with Gasteiger partial charge in [0.15, 0.2) is 6.29 Å². The van der Waals surface area contributed by atoms with E-state index in [2.05, 4.69) is 10.1 Å². The predicted octanol–water partition coefficient (Wildman–Crippen LogP) is -2.88. The Morgan fingerprint density at radius 3 is 2.46 bits per heavy atom. The van der Waals surface area contributed by atoms with Gasteiger partial charge in [0.2, 0.25) is 5.91 Å². The third-order valence-electron chi connectivity index (χ3n) is 3.65. The molecular weight excluding hydrogens is 326 g/mol. The summed E-state index contributed by atoms with van der Waals surface area (Å²) in [5, 5.41) is 40.6. The highest BCUT2D eigenvalue weighted by Crippen LogP contribution is 2.21. The van der Waals surface area contributed by atoms with Gasteiger partial charge in [0.25, 0.3) is 0 Å². The molecule has 140 valence electrons. The number of hydrogen-bond acceptors (Lipinski definition) is 9. The number of carbonyl (C=O) groups excluding carboxylic acids is 2. The topological polar surface area (TPSA) is 155 Å². The Kier molecular flexibility index (Phi) is 8.53. The first-order valence-corrected chi connectivity index (χ1v) is 7.58. The van der Waals surface area contributed by atoms with Gasteiger partial charge in [0.05, 0.1) is 26.2 Å². The number of methoxy groups -OCH3 is 1. The molecule has 0 bridgehead atoms. The molecule has 24 heavy (non-hydrogen) atoms. The van der Waals surface area contributed by atoms with Crippen molar-refractivity contribution in [3.8, 4) is 0 Å². The number of hydrogen-bond donors (Lipinski definition) is 5. The average Bonchev–Trinajstić information content (AvgIpc) is 2.57. The molecule has 0 radical (unpaired) electrons. The molecular formula is C14H25NO9. The number of aliphatic hydroxyl groups is 4. The van der Waals surface area contributed by atoms with Crippen molar-refractivity contribution in [1.29, 1.82) is 0 Å². The molecule has 0 aromatic carbocycles. The third kappa shape index (κ3) is 5.65. The lowest BCUT2D eigenvalue weighted by molar-refractivity contribution is -0.300. The normalized spacial score (nSPS) is 31.3. The van der Waals surface area contributed by atoms with Crippen LogP contribution in [0.5, 0.6) is 0 Å². The van der Waals surface area contributed by atoms with Gasteiger partial charge in [0, 0.05) is 13.0 Å². The molecule has 1 fully saturated rings. The van der Waals surface area contributed by atoms with E-state index < -0.39 is 49.2 Å². The summed E-state index contributed by atoms with van der Waals surface area (Å²) >= 11 is 0. The summed E-state index contributed by atoms with van der Waals surface area (Å²) in [5.41, 5.74) is 0. The minimum absolute atomic E-state index is 0.0350. The van der Waals surface area contributed by atoms with Gasteiger partial charge in [-0.2, -0.15) is 0 Å². The quantitative estimate of drug-likeness (QED) is 0.229. The van der Waals surface area contributed by atoms with Crippen molar-refractivity contribution in [2.24, 2.45) is 5.92 Å². The Morgan fingerprint density at radius 2 is 1.88 bits per heavy atom. The lowest BCUT2D eigenvalue weighted by Crippen LogP contribution is -2.59. The van der Waals surface area contributed by atoms with Crippen molar-refractivity contribution >= 4 is 11.9 Å². The van der Waals surface area contributed by atoms with E-state index in [1.54, 1.807) is 6.92 Å². The standard InChI is InChI=1S/C14H25NO9/c1-7(13(21)22-2)5-9(17)15-3-4-23-14-12(20)11(19)10(18)8(6-16)24-14/h7-8,10-12,14,16,18-20H,3-6H2,1-2H3,(H,15,17)/t7?,8-,10-,11+,12+,14+/m1/s1. The fraction of sp³-hybridized carbons (Fsp3) is 0.857. The first-order valence-electron chi connectivity index (χ1n) is 7.58. The van der Waals surface area contributed by atoms with E-state index in [-0.39, 0.29) is 25.5 Å². The van der Waals surface area contributed by atoms with Gasteiger partial charge in [-0.3, -0.25) is 9.59 Å². The van der Waals surface area contributed by atoms with E-state index in [0.717, 1.165) is 0 Å². The Morgan fingerprint density at radius 1 is 1.21 bits per heavy atom. The molecule has 1 rings (SSSR count). The maximum absolute atomic E-state index is 11.6. The first-order chi connectivity index (χ1) is 11.3. The molecule has 6 atom stereocenters. The Labute approximate surface area is 139 Å². The number of amides is 1. The maximum atomic E-state index is 11.6. The van der Waals surface area contributed by atoms with E-state index in [4.69, 9.17) is 14.6 Å². The second-order valence-corrected chi connectivity index (χ2v) is 5.55. The Bertz CT molecular complexity index is 417. The van der Waals surface area contributed by atoms with Gasteiger partial charge in [-0.25, -0.2) is 0 Å². The molecule has 0 aromatic rings. The number of aliphatic hydroxyl groups excluding tert-OH is 4. The third-order valence-corrected chi connectivity index (χ3v) is 3.65. The van der Waals surface area contributed by atoms with Crippen LogP contribution in [0.15, 0.2) is 0 Å². The van der Waals surface area contributed by atoms with Gasteiger partial charge in [-0.05, 0) is 0 Å². The van der Waals surface area contributed by atoms with E-state index in [9.17, 15) is 24.9 Å². The fourth-order valence-corrected chi connectivity index (χ4v) is 2.21. The number of nitrogens with one attached hydrogen (secondary N) is 1. The van der Waals surface area contributed by atoms with Crippen LogP contribution in [0.25, 0.3) is 0 Å². The number of carbonyl (C=O) groups is 2. The number of ether oxygens (including phenoxy) is 3. The molecule has 10 nitrogen and oxygen atoms in total. The smallest absolute Gasteiger partial charge is 0.308 e. The van der Waals surface area contributed by atoms with Gasteiger partial charge in [-0.15, -0.1) is 0 Å². The van der Waals surface area contributed by atoms with E-state index in [1.807, 2.05) is 0 Å². The van der Waals surface area contributed by atoms with Gasteiger partial charge < -0.3 is 40.0 Å². The van der Waals surface area contributed by atoms with E-state index >= 15 is 0 Å². The average molecular weight is 351 g/mol. The van der Waals surface area contributed by atoms with Gasteiger partial charge in [-0.1, -0.05) is 6.92 Å². The lowest BCUT2D eigenvalue weighted by atomic mass is 9.99. The van der Waals surface area contributed by atoms with Crippen molar-refractivity contribution in [2.75, 3.05) is 26.9 Å². The Balaban J connectivity index is 2.31. The fourth-order valence-electron chi connectivity index (χ4n) is 2.21. The van der Waals surface area contributed by atoms with Crippen molar-refractivity contribution in [2.45, 2.75) is 44.1 Å². The second kappa shape index (κ2) is 9.87. The SMILES string of the molecule is COC(=O)C(C)CC(=O)NCCO[C@H]1O[C@H](CO)[C@@H](O)[C@H](O)[C@@H]1O. The summed E-state index contributed by atoms with van der Waals surface area (Å²) in [5.74, 6) is -1.42. The zero-order chi connectivity index (χ0) is 18.3. The van der Waals surface area contributed by atoms with Crippen LogP contribution in [-0.4, -0.2) is 89.9 Å². The summed E-state index contributed by atoms with van der Waals surface area (Å²) < 4.78 is 14.9. The zero-order valence-electron chi connectivity index (χ0n) is 13.6. The van der Waals surface area contributed by atoms with Gasteiger partial charge >= 0.3 is 5.97 Å². The molecule has 10 heteroatoms. The second-order valence-electron chi connectivity index (χ2n) is 5.55. The maximum Gasteiger partial charge on any atom is 0.308 e. The van der Waals surface area contributed by atoms with Crippen LogP contribution >= 0.6 is 0 Å². The van der Waals surface area contributed by atoms with Crippen LogP contribution in [0, 0.1) is 5.92 Å². The molecule has 1 saturated heterocycles. The summed E-state index contributed by atoms with van der Waals surface area (Å²) in [6.07, 6.45) is -6.79. The Hall–Kier alpha value is -1.30. The minimum atomic E-state index is -1.52. The van der Waals surface area contributed by atoms with Crippen LogP contribution < -0.4 is 5.32 Å². The van der Waals surface area contributed by atoms with Gasteiger partial charge in [0.1, 0.15) is 24.4 Å². The minimum Gasteiger partial charge on any atom is -0.469 e. The van der Waals surface area contributed by atoms with Crippen molar-refractivity contribution in [1.82, 2.24) is 5.32 Å². The molecule has 0 saturated carbocycles. The van der Waals surface area contributed by atoms with Crippen LogP contribution in [0.1, 0.15) is 13.3 Å². The monoisotopic (exact) mass is 351 g/mol. The van der Waals surface area contributed by atoms with Crippen LogP contribution in [0.2, 0.25) is 0 Å². The molecule has 0 aromatic heterocycles. The van der Waals surface area contributed by atoms with Crippen LogP contribution in [0.3, 0.4) is 0 Å². The predicted molar refractivity (Wildman–Crippen MR) is 78.5 cm³/mol. The molecule has 1 aliphatic heterocycles. The lowest BCUT2D eigenvalue weighted by Gasteiger charge is -2.39. The number of esters is 1. The summed E-state index contributed by atoms with van der Waals surface area (Å²) in [7, 11) is 1.24. The molecule has 0 aliphatic carbocycles. The molecule has 1 heterocycles. The summed E-state index contributed by atoms with van der Waals surface area (Å²) in [6.45, 7) is 1.06. The molecule has 1 amide bonds. The summed E-state index contributed by atoms with van der Waals surface area (Å²) in [4.78, 5) is 22.8. The highest BCUT2D eigenvalue weighted by atomic mass is 16.7. The van der Waals surface area contributed by atoms with Crippen LogP contribution in [-0.2, 0) is 23.8 Å². The molecule has 5 N–H and O–H groups in total. The zero-order valence-corrected chi connectivity index (χ0v) is 13.6. The van der Waals surface area contributed by atoms with Crippen molar-refractivity contribution < 1.29 is 44.2 Å². The number of rotatable bonds is 8. The van der Waals surface area contributed by atoms with Crippen LogP contribution in [0.4, 0.5) is 0 Å². The first kappa shape index (κ1) is 20.7. The molecule has 1 unspecified atom stereocenters. The van der Waals surface area contributed by atoms with Crippen molar-refractivity contribution in [3.05, 3.63) is 0 Å². The largest absolute Gasteiger partial charge is 0.469 e. The molecule has 0 spiro atoms. The highest BCUT2D eigenvalue weighted by molar-refractivity contribution is 5.82. The van der Waals surface area contributed by atoms with E-state index in [1.165, 1.54) is 7.11 Å². The molecule has 1 aliphatic rings. The summed E-state index contributed by atoms with van der Waals surface area (Å²) in [6, 6.07) is 0. The van der Waals surface area contributed by atoms with E-state index in [0.29, 0.717) is 0 Å². The highest BCUT2D eigenvalue weighted by Gasteiger charge is 2.43. The van der Waals surface area contributed by atoms with Crippen molar-refractivity contribution in [3.63, 3.8) is 0 Å².